The molecule has 3 rings (SSSR count). The summed E-state index contributed by atoms with van der Waals surface area (Å²) in [4.78, 5) is 40.5. The van der Waals surface area contributed by atoms with Crippen LogP contribution in [0.5, 0.6) is 0 Å². The molecule has 1 aliphatic rings. The molecule has 2 aromatic rings. The van der Waals surface area contributed by atoms with Gasteiger partial charge in [-0.3, -0.25) is 29.4 Å². The number of hydrogen-bond donors (Lipinski definition) is 2. The summed E-state index contributed by atoms with van der Waals surface area (Å²) < 4.78 is 20.2. The van der Waals surface area contributed by atoms with Crippen molar-refractivity contribution >= 4 is 38.1 Å². The second-order valence-corrected chi connectivity index (χ2v) is 15.2. The molecule has 1 fully saturated rings. The van der Waals surface area contributed by atoms with Gasteiger partial charge in [0.25, 0.3) is 5.56 Å². The lowest BCUT2D eigenvalue weighted by atomic mass is 10.1. The number of carbonyl (C=O) groups is 1. The predicted molar refractivity (Wildman–Crippen MR) is 133 cm³/mol. The first-order chi connectivity index (χ1) is 15.8. The highest BCUT2D eigenvalue weighted by Gasteiger charge is 2.51. The smallest absolute Gasteiger partial charge is 0.280 e. The molecule has 0 unspecified atom stereocenters. The van der Waals surface area contributed by atoms with Crippen LogP contribution < -0.4 is 10.9 Å². The first kappa shape index (κ1) is 26.2. The number of aromatic nitrogens is 4. The molecule has 1 amide bonds. The molecule has 0 radical (unpaired) electrons. The van der Waals surface area contributed by atoms with Crippen LogP contribution in [0.15, 0.2) is 16.1 Å². The summed E-state index contributed by atoms with van der Waals surface area (Å²) in [5, 5.41) is 2.59. The van der Waals surface area contributed by atoms with Gasteiger partial charge in [-0.2, -0.15) is 4.98 Å². The fourth-order valence-electron chi connectivity index (χ4n) is 3.54. The largest absolute Gasteiger partial charge is 0.407 e. The molecule has 1 aliphatic heterocycles. The molecule has 2 aromatic heterocycles. The van der Waals surface area contributed by atoms with Crippen LogP contribution in [0.3, 0.4) is 0 Å². The highest BCUT2D eigenvalue weighted by atomic mass is 28.4. The van der Waals surface area contributed by atoms with Crippen LogP contribution in [0.4, 0.5) is 5.95 Å². The topological polar surface area (TPSA) is 133 Å². The number of fused-ring (bicyclic) bond motifs is 1. The second-order valence-electron chi connectivity index (χ2n) is 10.4. The average molecular weight is 493 g/mol. The maximum atomic E-state index is 12.7. The summed E-state index contributed by atoms with van der Waals surface area (Å²) in [7, 11) is -0.651. The molecular weight excluding hydrogens is 456 g/mol. The monoisotopic (exact) mass is 492 g/mol. The van der Waals surface area contributed by atoms with E-state index in [0.717, 1.165) is 0 Å². The van der Waals surface area contributed by atoms with Crippen LogP contribution in [0, 0.1) is 5.92 Å². The van der Waals surface area contributed by atoms with Gasteiger partial charge in [-0.25, -0.2) is 4.98 Å². The summed E-state index contributed by atoms with van der Waals surface area (Å²) >= 11 is 0. The minimum absolute atomic E-state index is 0.0460. The molecule has 0 aliphatic carbocycles. The van der Waals surface area contributed by atoms with E-state index in [9.17, 15) is 9.59 Å². The van der Waals surface area contributed by atoms with E-state index in [1.165, 1.54) is 6.33 Å². The molecule has 0 spiro atoms. The van der Waals surface area contributed by atoms with E-state index in [-0.39, 0.29) is 34.0 Å². The SMILES string of the molecule is C=N[C@H]1[C@@H](O[Si](C)(C)C(C)(C)C)[C@H](n2cnc3c(=O)[nH]c(NC(=O)C(C)C)nc32)O[C@@H]1COC. The summed E-state index contributed by atoms with van der Waals surface area (Å²) in [6, 6.07) is -0.390. The molecule has 11 nitrogen and oxygen atoms in total. The maximum Gasteiger partial charge on any atom is 0.280 e. The number of imidazole rings is 1. The van der Waals surface area contributed by atoms with Gasteiger partial charge in [-0.15, -0.1) is 0 Å². The lowest BCUT2D eigenvalue weighted by Gasteiger charge is -2.40. The summed E-state index contributed by atoms with van der Waals surface area (Å²) in [6.07, 6.45) is -0.0616. The van der Waals surface area contributed by atoms with E-state index in [1.807, 2.05) is 0 Å². The quantitative estimate of drug-likeness (QED) is 0.427. The van der Waals surface area contributed by atoms with Crippen molar-refractivity contribution in [3.63, 3.8) is 0 Å². The standard InChI is InChI=1S/C22H36N6O5Si/c1-12(2)18(29)26-21-25-17-15(19(30)27-21)24-11-28(17)20-16(33-34(8,9)22(3,4)5)14(23-6)13(32-20)10-31-7/h11-14,16,20H,6,10H2,1-5,7-9H3,(H2,25,26,27,29,30)/t13-,14-,16-,20-/m1/s1. The highest BCUT2D eigenvalue weighted by Crippen LogP contribution is 2.43. The van der Waals surface area contributed by atoms with Crippen LogP contribution in [0.1, 0.15) is 40.8 Å². The molecule has 3 heterocycles. The third kappa shape index (κ3) is 4.99. The van der Waals surface area contributed by atoms with E-state index < -0.39 is 38.4 Å². The zero-order chi connectivity index (χ0) is 25.4. The van der Waals surface area contributed by atoms with Crippen molar-refractivity contribution in [2.45, 2.75) is 77.2 Å². The van der Waals surface area contributed by atoms with E-state index in [1.54, 1.807) is 25.5 Å². The van der Waals surface area contributed by atoms with Gasteiger partial charge in [-0.1, -0.05) is 34.6 Å². The number of methoxy groups -OCH3 is 1. The van der Waals surface area contributed by atoms with Crippen molar-refractivity contribution in [2.75, 3.05) is 19.0 Å². The molecule has 188 valence electrons. The number of H-pyrrole nitrogens is 1. The van der Waals surface area contributed by atoms with Gasteiger partial charge in [0.15, 0.2) is 25.7 Å². The molecular formula is C22H36N6O5Si. The van der Waals surface area contributed by atoms with Crippen molar-refractivity contribution in [1.82, 2.24) is 19.5 Å². The summed E-state index contributed by atoms with van der Waals surface area (Å²) in [6.45, 7) is 18.4. The minimum Gasteiger partial charge on any atom is -0.407 e. The third-order valence-electron chi connectivity index (χ3n) is 6.56. The van der Waals surface area contributed by atoms with Crippen molar-refractivity contribution in [3.8, 4) is 0 Å². The Kier molecular flexibility index (Phi) is 7.46. The fraction of sp³-hybridized carbons (Fsp3) is 0.682. The number of hydrogen-bond acceptors (Lipinski definition) is 8. The number of amides is 1. The van der Waals surface area contributed by atoms with Gasteiger partial charge < -0.3 is 13.9 Å². The van der Waals surface area contributed by atoms with Crippen LogP contribution in [-0.4, -0.2) is 72.4 Å². The Hall–Kier alpha value is -2.41. The molecule has 0 saturated carbocycles. The average Bonchev–Trinajstić information content (AvgIpc) is 3.28. The Morgan fingerprint density at radius 3 is 2.65 bits per heavy atom. The number of nitrogens with one attached hydrogen (secondary N) is 2. The molecule has 2 N–H and O–H groups in total. The first-order valence-electron chi connectivity index (χ1n) is 11.4. The maximum absolute atomic E-state index is 12.7. The lowest BCUT2D eigenvalue weighted by Crippen LogP contribution is -2.48. The van der Waals surface area contributed by atoms with Crippen molar-refractivity contribution in [1.29, 1.82) is 0 Å². The zero-order valence-corrected chi connectivity index (χ0v) is 22.2. The molecule has 4 atom stereocenters. The fourth-order valence-corrected chi connectivity index (χ4v) is 4.83. The summed E-state index contributed by atoms with van der Waals surface area (Å²) in [5.41, 5.74) is -0.0532. The number of aromatic amines is 1. The normalized spacial score (nSPS) is 23.6. The minimum atomic E-state index is -2.25. The molecule has 34 heavy (non-hydrogen) atoms. The number of carbonyl (C=O) groups excluding carboxylic acids is 1. The number of rotatable bonds is 8. The van der Waals surface area contributed by atoms with Gasteiger partial charge in [-0.05, 0) is 24.8 Å². The highest BCUT2D eigenvalue weighted by molar-refractivity contribution is 6.74. The molecule has 1 saturated heterocycles. The van der Waals surface area contributed by atoms with Crippen LogP contribution in [0.2, 0.25) is 18.1 Å². The first-order valence-corrected chi connectivity index (χ1v) is 14.3. The van der Waals surface area contributed by atoms with Gasteiger partial charge in [0.2, 0.25) is 11.9 Å². The van der Waals surface area contributed by atoms with E-state index >= 15 is 0 Å². The number of aliphatic imine (C=N–C) groups is 1. The van der Waals surface area contributed by atoms with Gasteiger partial charge >= 0.3 is 0 Å². The summed E-state index contributed by atoms with van der Waals surface area (Å²) in [5.74, 6) is -0.494. The Labute approximate surface area is 200 Å². The van der Waals surface area contributed by atoms with Crippen molar-refractivity contribution in [3.05, 3.63) is 16.7 Å². The van der Waals surface area contributed by atoms with E-state index in [4.69, 9.17) is 13.9 Å². The Bertz CT molecular complexity index is 1110. The second kappa shape index (κ2) is 9.68. The number of anilines is 1. The van der Waals surface area contributed by atoms with Gasteiger partial charge in [0, 0.05) is 13.0 Å². The number of nitrogens with zero attached hydrogens (tertiary/aromatic N) is 4. The van der Waals surface area contributed by atoms with Gasteiger partial charge in [0.1, 0.15) is 18.2 Å². The predicted octanol–water partition coefficient (Wildman–Crippen LogP) is 2.72. The van der Waals surface area contributed by atoms with Crippen LogP contribution >= 0.6 is 0 Å². The lowest BCUT2D eigenvalue weighted by molar-refractivity contribution is -0.118. The van der Waals surface area contributed by atoms with E-state index in [0.29, 0.717) is 6.61 Å². The molecule has 12 heteroatoms. The Morgan fingerprint density at radius 1 is 1.41 bits per heavy atom. The molecule has 0 bridgehead atoms. The van der Waals surface area contributed by atoms with Crippen molar-refractivity contribution in [2.24, 2.45) is 10.9 Å². The zero-order valence-electron chi connectivity index (χ0n) is 21.2. The number of ether oxygens (including phenoxy) is 2. The Balaban J connectivity index is 2.09. The van der Waals surface area contributed by atoms with E-state index in [2.05, 4.69) is 65.8 Å². The Morgan fingerprint density at radius 2 is 2.09 bits per heavy atom. The van der Waals surface area contributed by atoms with Crippen molar-refractivity contribution < 1.29 is 18.7 Å². The third-order valence-corrected chi connectivity index (χ3v) is 11.0. The molecule has 0 aromatic carbocycles. The van der Waals surface area contributed by atoms with Gasteiger partial charge in [0.05, 0.1) is 12.9 Å². The van der Waals surface area contributed by atoms with Crippen LogP contribution in [-0.2, 0) is 18.7 Å². The van der Waals surface area contributed by atoms with Crippen LogP contribution in [0.25, 0.3) is 11.2 Å².